The van der Waals surface area contributed by atoms with E-state index >= 15 is 0 Å². The number of imidazole rings is 1. The van der Waals surface area contributed by atoms with Crippen LogP contribution in [0, 0.1) is 5.82 Å². The number of benzene rings is 1. The minimum absolute atomic E-state index is 0.124. The Morgan fingerprint density at radius 3 is 2.96 bits per heavy atom. The molecule has 1 aliphatic rings. The number of nitrogens with one attached hydrogen (secondary N) is 1. The van der Waals surface area contributed by atoms with Gasteiger partial charge in [0.25, 0.3) is 5.56 Å². The van der Waals surface area contributed by atoms with Gasteiger partial charge in [0.2, 0.25) is 0 Å². The van der Waals surface area contributed by atoms with Crippen LogP contribution in [0.1, 0.15) is 29.6 Å². The predicted molar refractivity (Wildman–Crippen MR) is 107 cm³/mol. The van der Waals surface area contributed by atoms with E-state index in [1.54, 1.807) is 18.5 Å². The molecule has 0 amide bonds. The number of allylic oxidation sites excluding steroid dienone is 1. The van der Waals surface area contributed by atoms with Crippen molar-refractivity contribution in [3.63, 3.8) is 0 Å². The molecule has 0 bridgehead atoms. The van der Waals surface area contributed by atoms with Crippen molar-refractivity contribution in [2.75, 3.05) is 11.4 Å². The Kier molecular flexibility index (Phi) is 5.00. The molecule has 1 N–H and O–H groups in total. The van der Waals surface area contributed by atoms with Gasteiger partial charge in [0.1, 0.15) is 16.7 Å². The van der Waals surface area contributed by atoms with Crippen molar-refractivity contribution in [2.45, 2.75) is 26.4 Å². The van der Waals surface area contributed by atoms with Crippen molar-refractivity contribution in [1.29, 1.82) is 0 Å². The lowest BCUT2D eigenvalue weighted by Gasteiger charge is -2.30. The molecular weight excluding hydrogens is 381 g/mol. The smallest absolute Gasteiger partial charge is 0.285 e. The highest BCUT2D eigenvalue weighted by Gasteiger charge is 2.23. The third-order valence-corrected chi connectivity index (χ3v) is 5.24. The van der Waals surface area contributed by atoms with Crippen LogP contribution in [-0.4, -0.2) is 26.3 Å². The predicted octanol–water partition coefficient (Wildman–Crippen LogP) is 3.40. The molecule has 3 aromatic rings. The summed E-state index contributed by atoms with van der Waals surface area (Å²) in [4.78, 5) is 18.2. The van der Waals surface area contributed by atoms with Crippen LogP contribution in [0.2, 0.25) is 5.02 Å². The van der Waals surface area contributed by atoms with Gasteiger partial charge < -0.3 is 9.47 Å². The lowest BCUT2D eigenvalue weighted by molar-refractivity contribution is 0.543. The highest BCUT2D eigenvalue weighted by Crippen LogP contribution is 2.26. The highest BCUT2D eigenvalue weighted by molar-refractivity contribution is 6.32. The molecule has 0 radical (unpaired) electrons. The van der Waals surface area contributed by atoms with Gasteiger partial charge in [0, 0.05) is 31.4 Å². The lowest BCUT2D eigenvalue weighted by Crippen LogP contribution is -2.35. The Labute approximate surface area is 166 Å². The quantitative estimate of drug-likeness (QED) is 0.730. The number of anilines is 1. The molecule has 4 rings (SSSR count). The van der Waals surface area contributed by atoms with Gasteiger partial charge in [-0.2, -0.15) is 5.10 Å². The van der Waals surface area contributed by atoms with E-state index in [1.807, 2.05) is 36.1 Å². The van der Waals surface area contributed by atoms with Gasteiger partial charge >= 0.3 is 0 Å². The molecule has 0 spiro atoms. The van der Waals surface area contributed by atoms with Crippen LogP contribution in [0.3, 0.4) is 0 Å². The summed E-state index contributed by atoms with van der Waals surface area (Å²) in [5.74, 6) is 0.633. The summed E-state index contributed by atoms with van der Waals surface area (Å²) >= 11 is 6.12. The van der Waals surface area contributed by atoms with Crippen LogP contribution in [0.4, 0.5) is 10.1 Å². The first-order valence-corrected chi connectivity index (χ1v) is 9.37. The first kappa shape index (κ1) is 18.4. The topological polar surface area (TPSA) is 66.8 Å². The normalized spacial score (nSPS) is 13.9. The zero-order chi connectivity index (χ0) is 19.7. The van der Waals surface area contributed by atoms with Gasteiger partial charge in [-0.05, 0) is 24.1 Å². The lowest BCUT2D eigenvalue weighted by atomic mass is 10.1. The molecule has 28 heavy (non-hydrogen) atoms. The maximum absolute atomic E-state index is 14.4. The van der Waals surface area contributed by atoms with Gasteiger partial charge in [0.05, 0.1) is 18.4 Å². The van der Waals surface area contributed by atoms with E-state index in [9.17, 15) is 9.18 Å². The number of aromatic amines is 1. The molecule has 8 heteroatoms. The Morgan fingerprint density at radius 1 is 1.32 bits per heavy atom. The first-order chi connectivity index (χ1) is 13.6. The van der Waals surface area contributed by atoms with E-state index in [2.05, 4.69) is 19.7 Å². The molecule has 0 saturated heterocycles. The number of hydrogen-bond donors (Lipinski definition) is 1. The molecule has 0 atom stereocenters. The number of H-pyrrole nitrogens is 1. The van der Waals surface area contributed by atoms with E-state index < -0.39 is 5.56 Å². The maximum Gasteiger partial charge on any atom is 0.285 e. The van der Waals surface area contributed by atoms with Crippen molar-refractivity contribution in [2.24, 2.45) is 0 Å². The van der Waals surface area contributed by atoms with Gasteiger partial charge in [-0.3, -0.25) is 4.79 Å². The third kappa shape index (κ3) is 3.45. The molecule has 1 aliphatic heterocycles. The van der Waals surface area contributed by atoms with E-state index in [1.165, 1.54) is 0 Å². The van der Waals surface area contributed by atoms with Gasteiger partial charge in [-0.1, -0.05) is 35.9 Å². The summed E-state index contributed by atoms with van der Waals surface area (Å²) in [6, 6.07) is 5.28. The molecule has 0 unspecified atom stereocenters. The number of rotatable bonds is 4. The zero-order valence-electron chi connectivity index (χ0n) is 15.3. The van der Waals surface area contributed by atoms with Crippen LogP contribution in [0.15, 0.2) is 41.5 Å². The van der Waals surface area contributed by atoms with E-state index in [4.69, 9.17) is 11.6 Å². The Balaban J connectivity index is 1.56. The SMILES string of the molecule is C/C=C/c1ccc(Cc2cnc3n2CCN(c2cn[nH]c(=O)c2Cl)C3)c(F)c1. The second-order valence-corrected chi connectivity index (χ2v) is 7.04. The van der Waals surface area contributed by atoms with Gasteiger partial charge in [-0.15, -0.1) is 0 Å². The fraction of sp³-hybridized carbons (Fsp3) is 0.250. The van der Waals surface area contributed by atoms with Crippen LogP contribution < -0.4 is 10.5 Å². The monoisotopic (exact) mass is 399 g/mol. The Hall–Kier alpha value is -2.93. The third-order valence-electron chi connectivity index (χ3n) is 4.87. The van der Waals surface area contributed by atoms with Crippen molar-refractivity contribution in [1.82, 2.24) is 19.7 Å². The standard InChI is InChI=1S/C20H19ClFN5O/c1-2-3-13-4-5-14(16(22)8-13)9-15-10-23-18-12-26(6-7-27(15)18)17-11-24-25-20(28)19(17)21/h2-5,8,10-11H,6-7,9,12H2,1H3,(H,25,28)/b3-2+. The summed E-state index contributed by atoms with van der Waals surface area (Å²) in [6.45, 7) is 3.74. The minimum Gasteiger partial charge on any atom is -0.360 e. The number of fused-ring (bicyclic) bond motifs is 1. The maximum atomic E-state index is 14.4. The molecule has 0 saturated carbocycles. The Morgan fingerprint density at radius 2 is 2.18 bits per heavy atom. The number of halogens is 2. The van der Waals surface area contributed by atoms with Crippen molar-refractivity contribution < 1.29 is 4.39 Å². The van der Waals surface area contributed by atoms with Crippen molar-refractivity contribution in [3.8, 4) is 0 Å². The fourth-order valence-corrected chi connectivity index (χ4v) is 3.67. The average molecular weight is 400 g/mol. The molecule has 1 aromatic carbocycles. The van der Waals surface area contributed by atoms with Gasteiger partial charge in [-0.25, -0.2) is 14.5 Å². The van der Waals surface area contributed by atoms with Crippen molar-refractivity contribution in [3.05, 3.63) is 80.5 Å². The molecule has 0 aliphatic carbocycles. The number of hydrogen-bond acceptors (Lipinski definition) is 4. The van der Waals surface area contributed by atoms with Crippen LogP contribution in [0.5, 0.6) is 0 Å². The van der Waals surface area contributed by atoms with E-state index in [0.29, 0.717) is 37.3 Å². The molecular formula is C20H19ClFN5O. The summed E-state index contributed by atoms with van der Waals surface area (Å²) in [5, 5.41) is 6.28. The van der Waals surface area contributed by atoms with Crippen LogP contribution in [0.25, 0.3) is 6.08 Å². The van der Waals surface area contributed by atoms with Crippen LogP contribution >= 0.6 is 11.6 Å². The number of aromatic nitrogens is 4. The second kappa shape index (κ2) is 7.59. The van der Waals surface area contributed by atoms with Gasteiger partial charge in [0.15, 0.2) is 0 Å². The summed E-state index contributed by atoms with van der Waals surface area (Å²) < 4.78 is 16.5. The summed E-state index contributed by atoms with van der Waals surface area (Å²) in [6.07, 6.45) is 7.57. The van der Waals surface area contributed by atoms with E-state index in [-0.39, 0.29) is 10.8 Å². The minimum atomic E-state index is -0.411. The fourth-order valence-electron chi connectivity index (χ4n) is 3.46. The molecule has 2 aromatic heterocycles. The number of nitrogens with zero attached hydrogens (tertiary/aromatic N) is 4. The average Bonchev–Trinajstić information content (AvgIpc) is 3.08. The molecule has 144 valence electrons. The molecule has 3 heterocycles. The summed E-state index contributed by atoms with van der Waals surface area (Å²) in [7, 11) is 0. The highest BCUT2D eigenvalue weighted by atomic mass is 35.5. The molecule has 6 nitrogen and oxygen atoms in total. The molecule has 0 fully saturated rings. The Bertz CT molecular complexity index is 1100. The first-order valence-electron chi connectivity index (χ1n) is 8.99. The second-order valence-electron chi connectivity index (χ2n) is 6.66. The van der Waals surface area contributed by atoms with Crippen molar-refractivity contribution >= 4 is 23.4 Å². The zero-order valence-corrected chi connectivity index (χ0v) is 16.1. The van der Waals surface area contributed by atoms with E-state index in [0.717, 1.165) is 17.1 Å². The van der Waals surface area contributed by atoms with Crippen LogP contribution in [-0.2, 0) is 19.5 Å². The largest absolute Gasteiger partial charge is 0.360 e. The summed E-state index contributed by atoms with van der Waals surface area (Å²) in [5.41, 5.74) is 2.62.